The Kier molecular flexibility index (Phi) is 18.7. The van der Waals surface area contributed by atoms with Crippen molar-refractivity contribution in [2.24, 2.45) is 0 Å². The Bertz CT molecular complexity index is 1340. The molecule has 0 fully saturated rings. The van der Waals surface area contributed by atoms with E-state index >= 15 is 0 Å². The van der Waals surface area contributed by atoms with Crippen LogP contribution in [0.2, 0.25) is 0 Å². The van der Waals surface area contributed by atoms with Crippen LogP contribution in [0.5, 0.6) is 0 Å². The van der Waals surface area contributed by atoms with Crippen molar-refractivity contribution in [2.45, 2.75) is 0 Å². The van der Waals surface area contributed by atoms with Crippen molar-refractivity contribution in [1.29, 1.82) is 0 Å². The fraction of sp³-hybridized carbons (Fsp3) is 0.0909. The number of benzene rings is 3. The number of hydrogen-bond donors (Lipinski definition) is 0. The number of nitrogens with one attached hydrogen (secondary N) is 3. The second-order valence-electron chi connectivity index (χ2n) is 8.29. The fourth-order valence-electron chi connectivity index (χ4n) is 3.19. The van der Waals surface area contributed by atoms with Gasteiger partial charge >= 0.3 is 0 Å². The molecule has 234 valence electrons. The zero-order chi connectivity index (χ0) is 33.3. The highest BCUT2D eigenvalue weighted by atomic mass is 19.1. The fourth-order valence-corrected chi connectivity index (χ4v) is 3.19. The highest BCUT2D eigenvalue weighted by molar-refractivity contribution is 5.75. The predicted octanol–water partition coefficient (Wildman–Crippen LogP) is 1.08. The Labute approximate surface area is 256 Å². The average molecular weight is 622 g/mol. The van der Waals surface area contributed by atoms with Gasteiger partial charge in [0.05, 0.1) is 17.9 Å². The van der Waals surface area contributed by atoms with Crippen LogP contribution in [0.4, 0.5) is 13.2 Å². The largest absolute Gasteiger partial charge is 0.547 e. The van der Waals surface area contributed by atoms with Crippen molar-refractivity contribution >= 4 is 50.6 Å². The summed E-state index contributed by atoms with van der Waals surface area (Å²) in [5, 5.41) is 30.4. The number of para-hydroxylation sites is 3. The molecule has 0 saturated carbocycles. The van der Waals surface area contributed by atoms with E-state index in [0.717, 1.165) is 0 Å². The SMILES string of the molecule is O=C([O-])CF.O=C([O-])CF.O=C([O-])CF.c1ccc2[nH+]cccc2c1.c1ccc2[nH+]cccc2c1.c1ccc2[nH+]cccc2c1. The lowest BCUT2D eigenvalue weighted by Crippen LogP contribution is -2.23. The molecule has 0 spiro atoms. The number of halogens is 3. The third kappa shape index (κ3) is 17.0. The molecule has 0 unspecified atom stereocenters. The molecule has 12 heteroatoms. The molecule has 0 aliphatic carbocycles. The van der Waals surface area contributed by atoms with Crippen LogP contribution in [0.25, 0.3) is 32.7 Å². The summed E-state index contributed by atoms with van der Waals surface area (Å²) in [6.45, 7) is -4.17. The molecule has 45 heavy (non-hydrogen) atoms. The number of carboxylic acids is 3. The van der Waals surface area contributed by atoms with Gasteiger partial charge in [-0.05, 0) is 36.4 Å². The number of aromatic nitrogens is 3. The van der Waals surface area contributed by atoms with Gasteiger partial charge in [-0.25, -0.2) is 28.1 Å². The van der Waals surface area contributed by atoms with Gasteiger partial charge in [0, 0.05) is 52.6 Å². The van der Waals surface area contributed by atoms with E-state index < -0.39 is 37.9 Å². The van der Waals surface area contributed by atoms with E-state index in [1.807, 2.05) is 73.2 Å². The number of carboxylic acid groups (broad SMARTS) is 3. The standard InChI is InChI=1S/3C9H7N.3C2H3FO2/c3*1-2-6-9-8(4-1)5-3-7-10-9;3*3-1-2(4)5/h3*1-7H;3*1H2,(H,4,5). The van der Waals surface area contributed by atoms with Gasteiger partial charge in [0.2, 0.25) is 16.6 Å². The van der Waals surface area contributed by atoms with Gasteiger partial charge in [-0.3, -0.25) is 0 Å². The number of fused-ring (bicyclic) bond motifs is 3. The van der Waals surface area contributed by atoms with E-state index in [0.29, 0.717) is 0 Å². The molecule has 0 aliphatic heterocycles. The normalized spacial score (nSPS) is 9.13. The molecule has 6 rings (SSSR count). The molecule has 3 aromatic carbocycles. The summed E-state index contributed by atoms with van der Waals surface area (Å²) < 4.78 is 31.4. The lowest BCUT2D eigenvalue weighted by Gasteiger charge is -1.85. The van der Waals surface area contributed by atoms with Crippen LogP contribution in [-0.4, -0.2) is 37.9 Å². The Hall–Kier alpha value is -5.91. The van der Waals surface area contributed by atoms with E-state index in [9.17, 15) is 13.2 Å². The molecule has 3 aromatic heterocycles. The number of carbonyl (C=O) groups is 3. The molecule has 0 atom stereocenters. The van der Waals surface area contributed by atoms with Crippen molar-refractivity contribution < 1.29 is 57.8 Å². The van der Waals surface area contributed by atoms with Gasteiger partial charge in [0.25, 0.3) is 0 Å². The van der Waals surface area contributed by atoms with Crippen molar-refractivity contribution in [2.75, 3.05) is 20.0 Å². The van der Waals surface area contributed by atoms with E-state index in [4.69, 9.17) is 29.7 Å². The smallest absolute Gasteiger partial charge is 0.210 e. The molecule has 9 nitrogen and oxygen atoms in total. The first kappa shape index (κ1) is 37.1. The molecule has 0 radical (unpaired) electrons. The van der Waals surface area contributed by atoms with E-state index in [1.54, 1.807) is 0 Å². The summed E-state index contributed by atoms with van der Waals surface area (Å²) in [6.07, 6.45) is 5.80. The third-order valence-electron chi connectivity index (χ3n) is 5.04. The summed E-state index contributed by atoms with van der Waals surface area (Å²) in [5.74, 6) is -4.99. The highest BCUT2D eigenvalue weighted by Crippen LogP contribution is 2.06. The minimum absolute atomic E-state index is 1.19. The second-order valence-corrected chi connectivity index (χ2v) is 8.29. The van der Waals surface area contributed by atoms with Gasteiger partial charge in [0.15, 0.2) is 18.6 Å². The molecule has 0 amide bonds. The van der Waals surface area contributed by atoms with Gasteiger partial charge in [0.1, 0.15) is 20.0 Å². The topological polar surface area (TPSA) is 163 Å². The van der Waals surface area contributed by atoms with Crippen molar-refractivity contribution in [3.63, 3.8) is 0 Å². The number of hydrogen-bond acceptors (Lipinski definition) is 6. The Balaban J connectivity index is 0.000000280. The number of carbonyl (C=O) groups excluding carboxylic acids is 3. The summed E-state index contributed by atoms with van der Waals surface area (Å²) in [6, 6.07) is 36.9. The summed E-state index contributed by atoms with van der Waals surface area (Å²) in [7, 11) is 0. The lowest BCUT2D eigenvalue weighted by atomic mass is 10.2. The minimum Gasteiger partial charge on any atom is -0.547 e. The number of H-pyrrole nitrogens is 3. The van der Waals surface area contributed by atoms with Crippen molar-refractivity contribution in [3.05, 3.63) is 128 Å². The second kappa shape index (κ2) is 22.7. The average Bonchev–Trinajstić information content (AvgIpc) is 3.09. The molecule has 6 aromatic rings. The first-order chi connectivity index (χ1) is 21.7. The van der Waals surface area contributed by atoms with Gasteiger partial charge in [-0.15, -0.1) is 0 Å². The molecule has 0 aliphatic rings. The maximum Gasteiger partial charge on any atom is 0.210 e. The molecular weight excluding hydrogens is 591 g/mol. The van der Waals surface area contributed by atoms with Crippen molar-refractivity contribution in [3.8, 4) is 0 Å². The Morgan fingerprint density at radius 1 is 0.422 bits per heavy atom. The number of pyridine rings is 3. The van der Waals surface area contributed by atoms with Gasteiger partial charge in [-0.1, -0.05) is 36.4 Å². The number of aromatic amines is 3. The van der Waals surface area contributed by atoms with E-state index in [-0.39, 0.29) is 0 Å². The first-order valence-electron chi connectivity index (χ1n) is 13.1. The van der Waals surface area contributed by atoms with Crippen LogP contribution in [0.1, 0.15) is 0 Å². The number of aliphatic carboxylic acids is 3. The zero-order valence-corrected chi connectivity index (χ0v) is 23.8. The summed E-state index contributed by atoms with van der Waals surface area (Å²) in [4.78, 5) is 36.1. The Morgan fingerprint density at radius 2 is 0.622 bits per heavy atom. The molecule has 0 bridgehead atoms. The maximum absolute atomic E-state index is 10.5. The van der Waals surface area contributed by atoms with Gasteiger partial charge in [-0.2, -0.15) is 0 Å². The molecular formula is C33H30F3N3O6. The van der Waals surface area contributed by atoms with Crippen LogP contribution in [0.3, 0.4) is 0 Å². The maximum atomic E-state index is 10.5. The lowest BCUT2D eigenvalue weighted by molar-refractivity contribution is -0.345. The molecule has 0 saturated heterocycles. The van der Waals surface area contributed by atoms with Gasteiger partial charge < -0.3 is 29.7 Å². The van der Waals surface area contributed by atoms with Crippen LogP contribution in [0.15, 0.2) is 128 Å². The van der Waals surface area contributed by atoms with Crippen LogP contribution in [0, 0.1) is 0 Å². The van der Waals surface area contributed by atoms with Crippen LogP contribution < -0.4 is 30.3 Å². The Morgan fingerprint density at radius 3 is 0.822 bits per heavy atom. The summed E-state index contributed by atoms with van der Waals surface area (Å²) in [5.41, 5.74) is 3.56. The monoisotopic (exact) mass is 621 g/mol. The quantitative estimate of drug-likeness (QED) is 0.287. The third-order valence-corrected chi connectivity index (χ3v) is 5.04. The van der Waals surface area contributed by atoms with E-state index in [1.165, 1.54) is 32.7 Å². The first-order valence-corrected chi connectivity index (χ1v) is 13.1. The molecule has 3 N–H and O–H groups in total. The minimum atomic E-state index is -1.66. The highest BCUT2D eigenvalue weighted by Gasteiger charge is 1.94. The number of rotatable bonds is 3. The summed E-state index contributed by atoms with van der Waals surface area (Å²) >= 11 is 0. The zero-order valence-electron chi connectivity index (χ0n) is 23.8. The number of alkyl halides is 3. The van der Waals surface area contributed by atoms with Crippen LogP contribution in [-0.2, 0) is 14.4 Å². The predicted molar refractivity (Wildman–Crippen MR) is 154 cm³/mol. The van der Waals surface area contributed by atoms with Crippen molar-refractivity contribution in [1.82, 2.24) is 0 Å². The molecule has 3 heterocycles. The van der Waals surface area contributed by atoms with E-state index in [2.05, 4.69) is 69.5 Å². The van der Waals surface area contributed by atoms with Crippen LogP contribution >= 0.6 is 0 Å².